The summed E-state index contributed by atoms with van der Waals surface area (Å²) in [5, 5.41) is 9.40. The fourth-order valence-corrected chi connectivity index (χ4v) is 5.67. The van der Waals surface area contributed by atoms with E-state index in [1.807, 2.05) is 11.8 Å². The Labute approximate surface area is 167 Å². The maximum Gasteiger partial charge on any atom is 0.315 e. The van der Waals surface area contributed by atoms with Gasteiger partial charge in [0.25, 0.3) is 0 Å². The molecular weight excluding hydrogens is 362 g/mol. The molecule has 2 heterocycles. The molecule has 3 atom stereocenters. The highest BCUT2D eigenvalue weighted by molar-refractivity contribution is 8.00. The Morgan fingerprint density at radius 2 is 2.07 bits per heavy atom. The van der Waals surface area contributed by atoms with E-state index in [0.29, 0.717) is 30.2 Å². The van der Waals surface area contributed by atoms with Gasteiger partial charge in [-0.25, -0.2) is 4.79 Å². The number of carbonyl (C=O) groups excluding carboxylic acids is 2. The van der Waals surface area contributed by atoms with Crippen LogP contribution in [-0.2, 0) is 9.53 Å². The Bertz CT molecular complexity index is 525. The highest BCUT2D eigenvalue weighted by Gasteiger charge is 2.42. The lowest BCUT2D eigenvalue weighted by molar-refractivity contribution is -0.121. The summed E-state index contributed by atoms with van der Waals surface area (Å²) in [4.78, 5) is 23.3. The van der Waals surface area contributed by atoms with E-state index in [1.54, 1.807) is 0 Å². The Hall–Kier alpha value is -0.950. The fourth-order valence-electron chi connectivity index (χ4n) is 4.13. The SMILES string of the molecule is CC(C)(CCOCCNC(=O)CCCCC1SCC2NC(=O)NC21)C1CC1. The zero-order valence-electron chi connectivity index (χ0n) is 16.7. The van der Waals surface area contributed by atoms with Crippen LogP contribution in [0.5, 0.6) is 0 Å². The molecule has 3 fully saturated rings. The van der Waals surface area contributed by atoms with Gasteiger partial charge in [0.05, 0.1) is 18.7 Å². The number of nitrogens with one attached hydrogen (secondary N) is 3. The molecule has 3 rings (SSSR count). The third-order valence-electron chi connectivity index (χ3n) is 6.22. The molecule has 2 aliphatic heterocycles. The average molecular weight is 398 g/mol. The summed E-state index contributed by atoms with van der Waals surface area (Å²) < 4.78 is 5.68. The highest BCUT2D eigenvalue weighted by Crippen LogP contribution is 2.47. The number of thioether (sulfide) groups is 1. The second-order valence-electron chi connectivity index (χ2n) is 8.84. The molecule has 3 unspecified atom stereocenters. The zero-order valence-corrected chi connectivity index (χ0v) is 17.5. The van der Waals surface area contributed by atoms with Crippen molar-refractivity contribution in [2.75, 3.05) is 25.5 Å². The predicted octanol–water partition coefficient (Wildman–Crippen LogP) is 2.67. The largest absolute Gasteiger partial charge is 0.380 e. The minimum Gasteiger partial charge on any atom is -0.380 e. The number of carbonyl (C=O) groups is 2. The van der Waals surface area contributed by atoms with Crippen molar-refractivity contribution in [3.05, 3.63) is 0 Å². The van der Waals surface area contributed by atoms with Gasteiger partial charge in [-0.2, -0.15) is 11.8 Å². The molecule has 1 aliphatic carbocycles. The standard InChI is InChI=1S/C20H35N3O3S/c1-20(2,14-7-8-14)9-11-26-12-10-21-17(24)6-4-3-5-16-18-15(13-27-16)22-19(25)23-18/h14-16,18H,3-13H2,1-2H3,(H,21,24)(H2,22,23,25). The minimum absolute atomic E-state index is 0.0343. The lowest BCUT2D eigenvalue weighted by Crippen LogP contribution is -2.36. The van der Waals surface area contributed by atoms with Gasteiger partial charge in [-0.3, -0.25) is 4.79 Å². The van der Waals surface area contributed by atoms with E-state index in [1.165, 1.54) is 12.8 Å². The van der Waals surface area contributed by atoms with Gasteiger partial charge in [0.15, 0.2) is 0 Å². The van der Waals surface area contributed by atoms with Crippen LogP contribution in [0.25, 0.3) is 0 Å². The molecule has 27 heavy (non-hydrogen) atoms. The van der Waals surface area contributed by atoms with E-state index in [4.69, 9.17) is 4.74 Å². The first kappa shape index (κ1) is 20.8. The number of amides is 3. The zero-order chi connectivity index (χ0) is 19.3. The predicted molar refractivity (Wildman–Crippen MR) is 109 cm³/mol. The minimum atomic E-state index is -0.0343. The maximum atomic E-state index is 11.9. The van der Waals surface area contributed by atoms with Crippen molar-refractivity contribution in [2.45, 2.75) is 76.1 Å². The Morgan fingerprint density at radius 3 is 2.85 bits per heavy atom. The van der Waals surface area contributed by atoms with E-state index in [9.17, 15) is 9.59 Å². The van der Waals surface area contributed by atoms with Crippen LogP contribution in [-0.4, -0.2) is 54.8 Å². The van der Waals surface area contributed by atoms with Crippen LogP contribution in [0.1, 0.15) is 58.8 Å². The third-order valence-corrected chi connectivity index (χ3v) is 7.73. The van der Waals surface area contributed by atoms with Crippen molar-refractivity contribution < 1.29 is 14.3 Å². The molecule has 3 N–H and O–H groups in total. The van der Waals surface area contributed by atoms with Crippen LogP contribution < -0.4 is 16.0 Å². The van der Waals surface area contributed by atoms with Crippen molar-refractivity contribution in [3.8, 4) is 0 Å². The lowest BCUT2D eigenvalue weighted by atomic mass is 9.84. The van der Waals surface area contributed by atoms with Crippen molar-refractivity contribution in [3.63, 3.8) is 0 Å². The van der Waals surface area contributed by atoms with E-state index in [-0.39, 0.29) is 24.0 Å². The first-order valence-electron chi connectivity index (χ1n) is 10.5. The first-order valence-corrected chi connectivity index (χ1v) is 11.5. The van der Waals surface area contributed by atoms with Gasteiger partial charge < -0.3 is 20.7 Å². The fraction of sp³-hybridized carbons (Fsp3) is 0.900. The number of rotatable bonds is 12. The van der Waals surface area contributed by atoms with Crippen LogP contribution in [0.15, 0.2) is 0 Å². The number of urea groups is 1. The molecule has 0 aromatic carbocycles. The van der Waals surface area contributed by atoms with Crippen molar-refractivity contribution in [1.29, 1.82) is 0 Å². The summed E-state index contributed by atoms with van der Waals surface area (Å²) in [6.07, 6.45) is 7.40. The molecule has 6 nitrogen and oxygen atoms in total. The summed E-state index contributed by atoms with van der Waals surface area (Å²) in [6, 6.07) is 0.511. The average Bonchev–Trinajstić information content (AvgIpc) is 3.33. The van der Waals surface area contributed by atoms with Gasteiger partial charge in [0.1, 0.15) is 0 Å². The summed E-state index contributed by atoms with van der Waals surface area (Å²) in [6.45, 7) is 6.64. The number of hydrogen-bond donors (Lipinski definition) is 3. The summed E-state index contributed by atoms with van der Waals surface area (Å²) in [5.74, 6) is 1.99. The van der Waals surface area contributed by atoms with Gasteiger partial charge >= 0.3 is 6.03 Å². The van der Waals surface area contributed by atoms with E-state index in [2.05, 4.69) is 29.8 Å². The van der Waals surface area contributed by atoms with Crippen LogP contribution in [0.2, 0.25) is 0 Å². The third kappa shape index (κ3) is 6.28. The topological polar surface area (TPSA) is 79.5 Å². The number of unbranched alkanes of at least 4 members (excludes halogenated alkanes) is 1. The smallest absolute Gasteiger partial charge is 0.315 e. The van der Waals surface area contributed by atoms with Crippen LogP contribution >= 0.6 is 11.8 Å². The second-order valence-corrected chi connectivity index (χ2v) is 10.1. The molecule has 154 valence electrons. The number of fused-ring (bicyclic) bond motifs is 1. The molecule has 0 aromatic rings. The molecular formula is C20H35N3O3S. The van der Waals surface area contributed by atoms with E-state index >= 15 is 0 Å². The molecule has 7 heteroatoms. The van der Waals surface area contributed by atoms with Crippen LogP contribution in [0.4, 0.5) is 4.79 Å². The number of ether oxygens (including phenoxy) is 1. The van der Waals surface area contributed by atoms with Crippen LogP contribution in [0.3, 0.4) is 0 Å². The van der Waals surface area contributed by atoms with E-state index < -0.39 is 0 Å². The second kappa shape index (κ2) is 9.50. The quantitative estimate of drug-likeness (QED) is 0.349. The number of hydrogen-bond acceptors (Lipinski definition) is 4. The molecule has 2 saturated heterocycles. The van der Waals surface area contributed by atoms with Gasteiger partial charge in [-0.15, -0.1) is 0 Å². The summed E-state index contributed by atoms with van der Waals surface area (Å²) in [7, 11) is 0. The summed E-state index contributed by atoms with van der Waals surface area (Å²) >= 11 is 1.93. The van der Waals surface area contributed by atoms with Gasteiger partial charge in [-0.1, -0.05) is 20.3 Å². The summed E-state index contributed by atoms with van der Waals surface area (Å²) in [5.41, 5.74) is 0.401. The van der Waals surface area contributed by atoms with Crippen molar-refractivity contribution in [2.24, 2.45) is 11.3 Å². The van der Waals surface area contributed by atoms with Crippen molar-refractivity contribution in [1.82, 2.24) is 16.0 Å². The maximum absolute atomic E-state index is 11.9. The Morgan fingerprint density at radius 1 is 1.26 bits per heavy atom. The Kier molecular flexibility index (Phi) is 7.31. The normalized spacial score (nSPS) is 27.2. The van der Waals surface area contributed by atoms with Gasteiger partial charge in [-0.05, 0) is 43.4 Å². The molecule has 0 aromatic heterocycles. The lowest BCUT2D eigenvalue weighted by Gasteiger charge is -2.24. The molecule has 3 amide bonds. The van der Waals surface area contributed by atoms with Crippen LogP contribution in [0, 0.1) is 11.3 Å². The first-order chi connectivity index (χ1) is 13.0. The molecule has 3 aliphatic rings. The van der Waals surface area contributed by atoms with Crippen molar-refractivity contribution >= 4 is 23.7 Å². The molecule has 0 spiro atoms. The monoisotopic (exact) mass is 397 g/mol. The van der Waals surface area contributed by atoms with Gasteiger partial charge in [0, 0.05) is 30.6 Å². The Balaban J connectivity index is 1.15. The van der Waals surface area contributed by atoms with Gasteiger partial charge in [0.2, 0.25) is 5.91 Å². The molecule has 0 radical (unpaired) electrons. The van der Waals surface area contributed by atoms with E-state index in [0.717, 1.165) is 44.0 Å². The molecule has 1 saturated carbocycles. The molecule has 0 bridgehead atoms. The highest BCUT2D eigenvalue weighted by atomic mass is 32.2.